The summed E-state index contributed by atoms with van der Waals surface area (Å²) in [6.07, 6.45) is 2.06. The predicted molar refractivity (Wildman–Crippen MR) is 84.0 cm³/mol. The van der Waals surface area contributed by atoms with Gasteiger partial charge in [-0.1, -0.05) is 13.8 Å². The quantitative estimate of drug-likeness (QED) is 0.910. The molecule has 0 saturated carbocycles. The molecule has 1 aromatic heterocycles. The molecule has 0 spiro atoms. The summed E-state index contributed by atoms with van der Waals surface area (Å²) in [6.45, 7) is 8.07. The summed E-state index contributed by atoms with van der Waals surface area (Å²) < 4.78 is 1.06. The van der Waals surface area contributed by atoms with Gasteiger partial charge in [-0.25, -0.2) is 0 Å². The number of piperazine rings is 1. The van der Waals surface area contributed by atoms with Crippen LogP contribution in [0.5, 0.6) is 0 Å². The molecule has 106 valence electrons. The summed E-state index contributed by atoms with van der Waals surface area (Å²) in [6, 6.07) is 2.74. The van der Waals surface area contributed by atoms with E-state index in [0.717, 1.165) is 40.2 Å². The number of rotatable bonds is 3. The third kappa shape index (κ3) is 3.20. The number of amides is 1. The molecule has 1 amide bonds. The first-order valence-corrected chi connectivity index (χ1v) is 8.48. The lowest BCUT2D eigenvalue weighted by Crippen LogP contribution is -2.57. The smallest absolute Gasteiger partial charge is 0.264 e. The van der Waals surface area contributed by atoms with E-state index in [1.807, 2.05) is 13.0 Å². The maximum atomic E-state index is 12.7. The zero-order valence-corrected chi connectivity index (χ0v) is 14.1. The van der Waals surface area contributed by atoms with Crippen molar-refractivity contribution in [3.8, 4) is 0 Å². The van der Waals surface area contributed by atoms with Crippen LogP contribution in [0.25, 0.3) is 0 Å². The van der Waals surface area contributed by atoms with Gasteiger partial charge in [0.1, 0.15) is 0 Å². The van der Waals surface area contributed by atoms with Crippen LogP contribution < -0.4 is 5.32 Å². The molecule has 3 nitrogen and oxygen atoms in total. The van der Waals surface area contributed by atoms with E-state index >= 15 is 0 Å². The summed E-state index contributed by atoms with van der Waals surface area (Å²) in [5.74, 6) is 0.186. The summed E-state index contributed by atoms with van der Waals surface area (Å²) >= 11 is 5.04. The van der Waals surface area contributed by atoms with Crippen molar-refractivity contribution in [3.63, 3.8) is 0 Å². The fourth-order valence-electron chi connectivity index (χ4n) is 2.46. The van der Waals surface area contributed by atoms with Gasteiger partial charge < -0.3 is 10.2 Å². The van der Waals surface area contributed by atoms with Crippen LogP contribution in [-0.4, -0.2) is 36.0 Å². The molecule has 2 rings (SSSR count). The second-order valence-corrected chi connectivity index (χ2v) is 7.47. The molecule has 0 aliphatic carbocycles. The Balaban J connectivity index is 2.18. The van der Waals surface area contributed by atoms with Crippen LogP contribution in [0.4, 0.5) is 0 Å². The molecule has 5 heteroatoms. The maximum absolute atomic E-state index is 12.7. The molecule has 1 saturated heterocycles. The van der Waals surface area contributed by atoms with Crippen LogP contribution in [0.2, 0.25) is 0 Å². The molecule has 0 bridgehead atoms. The zero-order valence-electron chi connectivity index (χ0n) is 11.7. The van der Waals surface area contributed by atoms with E-state index in [-0.39, 0.29) is 5.91 Å². The lowest BCUT2D eigenvalue weighted by Gasteiger charge is -2.39. The third-order valence-corrected chi connectivity index (χ3v) is 5.92. The van der Waals surface area contributed by atoms with E-state index < -0.39 is 0 Å². The highest BCUT2D eigenvalue weighted by atomic mass is 79.9. The fourth-order valence-corrected chi connectivity index (χ4v) is 3.95. The highest BCUT2D eigenvalue weighted by Crippen LogP contribution is 2.29. The normalized spacial score (nSPS) is 23.7. The van der Waals surface area contributed by atoms with Crippen molar-refractivity contribution in [2.24, 2.45) is 0 Å². The van der Waals surface area contributed by atoms with E-state index in [4.69, 9.17) is 0 Å². The zero-order chi connectivity index (χ0) is 14.0. The first-order chi connectivity index (χ1) is 9.06. The first kappa shape index (κ1) is 15.0. The third-order valence-electron chi connectivity index (χ3n) is 3.79. The lowest BCUT2D eigenvalue weighted by atomic mass is 10.0. The molecule has 1 aliphatic heterocycles. The number of carbonyl (C=O) groups is 1. The molecule has 0 radical (unpaired) electrons. The van der Waals surface area contributed by atoms with Gasteiger partial charge in [0.05, 0.1) is 8.66 Å². The van der Waals surface area contributed by atoms with Gasteiger partial charge in [-0.15, -0.1) is 11.3 Å². The summed E-state index contributed by atoms with van der Waals surface area (Å²) in [7, 11) is 0. The van der Waals surface area contributed by atoms with Gasteiger partial charge in [0, 0.05) is 25.2 Å². The molecular weight excluding hydrogens is 324 g/mol. The van der Waals surface area contributed by atoms with Gasteiger partial charge in [-0.3, -0.25) is 4.79 Å². The maximum Gasteiger partial charge on any atom is 0.264 e. The number of thiophene rings is 1. The second-order valence-electron chi connectivity index (χ2n) is 5.10. The molecule has 0 aromatic carbocycles. The summed E-state index contributed by atoms with van der Waals surface area (Å²) in [4.78, 5) is 15.6. The molecular formula is C14H21BrN2OS. The topological polar surface area (TPSA) is 32.3 Å². The van der Waals surface area contributed by atoms with Crippen LogP contribution in [0.3, 0.4) is 0 Å². The lowest BCUT2D eigenvalue weighted by molar-refractivity contribution is 0.0581. The molecule has 19 heavy (non-hydrogen) atoms. The first-order valence-electron chi connectivity index (χ1n) is 6.87. The van der Waals surface area contributed by atoms with Crippen LogP contribution in [-0.2, 0) is 0 Å². The average molecular weight is 345 g/mol. The van der Waals surface area contributed by atoms with Gasteiger partial charge in [0.25, 0.3) is 5.91 Å². The molecule has 1 fully saturated rings. The average Bonchev–Trinajstić information content (AvgIpc) is 2.77. The van der Waals surface area contributed by atoms with Crippen LogP contribution in [0.1, 0.15) is 41.9 Å². The Morgan fingerprint density at radius 3 is 2.79 bits per heavy atom. The minimum absolute atomic E-state index is 0.186. The number of carbonyl (C=O) groups excluding carboxylic acids is 1. The van der Waals surface area contributed by atoms with Crippen molar-refractivity contribution in [2.75, 3.05) is 13.1 Å². The molecule has 2 atom stereocenters. The van der Waals surface area contributed by atoms with Crippen molar-refractivity contribution >= 4 is 33.2 Å². The summed E-state index contributed by atoms with van der Waals surface area (Å²) in [5.41, 5.74) is 1.14. The van der Waals surface area contributed by atoms with E-state index in [0.29, 0.717) is 12.1 Å². The van der Waals surface area contributed by atoms with Gasteiger partial charge in [-0.05, 0) is 47.3 Å². The molecule has 2 heterocycles. The van der Waals surface area contributed by atoms with Crippen LogP contribution in [0.15, 0.2) is 9.85 Å². The number of nitrogens with zero attached hydrogens (tertiary/aromatic N) is 1. The Kier molecular flexibility index (Phi) is 5.03. The van der Waals surface area contributed by atoms with Gasteiger partial charge in [0.2, 0.25) is 0 Å². The molecule has 1 aliphatic rings. The number of hydrogen-bond donors (Lipinski definition) is 1. The van der Waals surface area contributed by atoms with Crippen LogP contribution >= 0.6 is 27.3 Å². The minimum atomic E-state index is 0.186. The summed E-state index contributed by atoms with van der Waals surface area (Å²) in [5, 5.41) is 3.52. The fraction of sp³-hybridized carbons (Fsp3) is 0.643. The van der Waals surface area contributed by atoms with Crippen molar-refractivity contribution in [1.82, 2.24) is 10.2 Å². The molecule has 2 unspecified atom stereocenters. The SMILES string of the molecule is CCC1CN(C(=O)c2cc(C)c(Br)s2)C(CC)CN1. The largest absolute Gasteiger partial charge is 0.332 e. The van der Waals surface area contributed by atoms with Crippen molar-refractivity contribution in [3.05, 3.63) is 20.3 Å². The number of halogens is 1. The van der Waals surface area contributed by atoms with Crippen LogP contribution in [0, 0.1) is 6.92 Å². The second kappa shape index (κ2) is 6.37. The molecule has 1 aromatic rings. The Morgan fingerprint density at radius 1 is 1.53 bits per heavy atom. The predicted octanol–water partition coefficient (Wildman–Crippen LogP) is 3.42. The minimum Gasteiger partial charge on any atom is -0.332 e. The Hall–Kier alpha value is -0.390. The Bertz CT molecular complexity index is 441. The van der Waals surface area contributed by atoms with E-state index in [2.05, 4.69) is 40.0 Å². The van der Waals surface area contributed by atoms with E-state index in [1.54, 1.807) is 11.3 Å². The van der Waals surface area contributed by atoms with Gasteiger partial charge in [0.15, 0.2) is 0 Å². The van der Waals surface area contributed by atoms with Gasteiger partial charge >= 0.3 is 0 Å². The number of aryl methyl sites for hydroxylation is 1. The van der Waals surface area contributed by atoms with Crippen molar-refractivity contribution < 1.29 is 4.79 Å². The number of nitrogens with one attached hydrogen (secondary N) is 1. The highest BCUT2D eigenvalue weighted by Gasteiger charge is 2.30. The Labute approximate surface area is 127 Å². The van der Waals surface area contributed by atoms with E-state index in [9.17, 15) is 4.79 Å². The number of hydrogen-bond acceptors (Lipinski definition) is 3. The standard InChI is InChI=1S/C14H21BrN2OS/c1-4-10-8-17(11(5-2)7-16-10)14(18)12-6-9(3)13(15)19-12/h6,10-11,16H,4-5,7-8H2,1-3H3. The molecule has 1 N–H and O–H groups in total. The highest BCUT2D eigenvalue weighted by molar-refractivity contribution is 9.11. The van der Waals surface area contributed by atoms with Gasteiger partial charge in [-0.2, -0.15) is 0 Å². The Morgan fingerprint density at radius 2 is 2.26 bits per heavy atom. The van der Waals surface area contributed by atoms with Crippen molar-refractivity contribution in [1.29, 1.82) is 0 Å². The van der Waals surface area contributed by atoms with Crippen molar-refractivity contribution in [2.45, 2.75) is 45.7 Å². The monoisotopic (exact) mass is 344 g/mol. The van der Waals surface area contributed by atoms with E-state index in [1.165, 1.54) is 0 Å².